The minimum atomic E-state index is -3.00. The Kier molecular flexibility index (Phi) is 6.35. The molecule has 164 valence electrons. The number of rotatable bonds is 7. The van der Waals surface area contributed by atoms with Crippen LogP contribution in [0.2, 0.25) is 0 Å². The Bertz CT molecular complexity index is 1200. The van der Waals surface area contributed by atoms with E-state index in [1.807, 2.05) is 6.92 Å². The quantitative estimate of drug-likeness (QED) is 0.235. The summed E-state index contributed by atoms with van der Waals surface area (Å²) in [7, 11) is -3.00. The lowest BCUT2D eigenvalue weighted by Crippen LogP contribution is -2.31. The largest absolute Gasteiger partial charge is 0.695 e. The zero-order chi connectivity index (χ0) is 22.7. The molecule has 0 aliphatic carbocycles. The van der Waals surface area contributed by atoms with Crippen LogP contribution in [0.3, 0.4) is 0 Å². The van der Waals surface area contributed by atoms with E-state index in [0.29, 0.717) is 17.6 Å². The van der Waals surface area contributed by atoms with Crippen molar-refractivity contribution < 1.29 is 23.5 Å². The normalized spacial score (nSPS) is 23.0. The number of benzene rings is 1. The molecular weight excluding hydrogens is 439 g/mol. The summed E-state index contributed by atoms with van der Waals surface area (Å²) in [6.45, 7) is 1.83. The third-order valence-corrected chi connectivity index (χ3v) is 5.44. The van der Waals surface area contributed by atoms with Gasteiger partial charge in [0.15, 0.2) is 29.3 Å². The number of carbonyl (C=O) groups excluding carboxylic acids is 1. The lowest BCUT2D eigenvalue weighted by molar-refractivity contribution is -0.0295. The van der Waals surface area contributed by atoms with Crippen molar-refractivity contribution in [3.05, 3.63) is 59.0 Å². The van der Waals surface area contributed by atoms with E-state index in [1.54, 1.807) is 30.3 Å². The number of fused-ring (bicyclic) bond motifs is 1. The Morgan fingerprint density at radius 3 is 2.84 bits per heavy atom. The van der Waals surface area contributed by atoms with Crippen LogP contribution in [0.1, 0.15) is 29.9 Å². The first kappa shape index (κ1) is 21.8. The van der Waals surface area contributed by atoms with Gasteiger partial charge in [0.25, 0.3) is 5.91 Å². The monoisotopic (exact) mass is 457 g/mol. The molecule has 3 heterocycles. The van der Waals surface area contributed by atoms with Gasteiger partial charge >= 0.3 is 8.25 Å². The fraction of sp³-hybridized carbons (Fsp3) is 0.333. The van der Waals surface area contributed by atoms with E-state index in [1.165, 1.54) is 17.2 Å². The van der Waals surface area contributed by atoms with Gasteiger partial charge in [-0.3, -0.25) is 9.36 Å². The first-order valence-electron chi connectivity index (χ1n) is 9.60. The molecule has 1 amide bonds. The van der Waals surface area contributed by atoms with E-state index in [2.05, 4.69) is 30.3 Å². The van der Waals surface area contributed by atoms with E-state index in [-0.39, 0.29) is 17.2 Å². The Balaban J connectivity index is 1.70. The average Bonchev–Trinajstić information content (AvgIpc) is 3.36. The van der Waals surface area contributed by atoms with Crippen molar-refractivity contribution in [2.24, 2.45) is 5.11 Å². The molecule has 0 bridgehead atoms. The first-order chi connectivity index (χ1) is 15.5. The Hall–Kier alpha value is -3.47. The van der Waals surface area contributed by atoms with Gasteiger partial charge in [-0.05, 0) is 24.1 Å². The predicted molar refractivity (Wildman–Crippen MR) is 112 cm³/mol. The summed E-state index contributed by atoms with van der Waals surface area (Å²) in [6, 6.07) is 7.78. The third kappa shape index (κ3) is 4.15. The molecule has 0 saturated carbocycles. The van der Waals surface area contributed by atoms with Crippen LogP contribution in [-0.4, -0.2) is 48.6 Å². The third-order valence-electron chi connectivity index (χ3n) is 5.01. The number of hydrogen-bond donors (Lipinski definition) is 2. The number of nitrogens with zero attached hydrogens (tertiary/aromatic N) is 7. The van der Waals surface area contributed by atoms with Crippen molar-refractivity contribution in [3.63, 3.8) is 0 Å². The summed E-state index contributed by atoms with van der Waals surface area (Å²) in [6.07, 6.45) is 0.572. The molecule has 0 spiro atoms. The van der Waals surface area contributed by atoms with E-state index < -0.39 is 32.7 Å². The highest BCUT2D eigenvalue weighted by atomic mass is 31.1. The maximum Gasteiger partial charge on any atom is 0.695 e. The number of hydrogen-bond acceptors (Lipinski definition) is 8. The van der Waals surface area contributed by atoms with Crippen LogP contribution < -0.4 is 5.32 Å². The minimum absolute atomic E-state index is 0.185. The average molecular weight is 457 g/mol. The number of nitrogens with one attached hydrogen (secondary N) is 1. The van der Waals surface area contributed by atoms with Crippen molar-refractivity contribution >= 4 is 31.1 Å². The van der Waals surface area contributed by atoms with Crippen LogP contribution in [0.5, 0.6) is 0 Å². The van der Waals surface area contributed by atoms with Gasteiger partial charge in [-0.25, -0.2) is 15.0 Å². The number of ether oxygens (including phenoxy) is 1. The highest BCUT2D eigenvalue weighted by molar-refractivity contribution is 7.32. The Morgan fingerprint density at radius 2 is 2.16 bits per heavy atom. The minimum Gasteiger partial charge on any atom is -0.351 e. The number of carbonyl (C=O) groups is 1. The standard InChI is InChI=1S/C18H17N8O5P/c1-2-11-12(24-25-19)14(31-32(28)29)18(30-11)26-9-22-13-15(20-8-21-16(13)26)23-17(27)10-6-4-3-5-7-10/h3-9,11-12,14,18H,2H2,1H3,(H-,20,21,23,27,28,29)/p+1/t11-,12-,14-,18-/m1/s1. The van der Waals surface area contributed by atoms with Gasteiger partial charge in [0.05, 0.1) is 18.5 Å². The summed E-state index contributed by atoms with van der Waals surface area (Å²) in [5.41, 5.74) is 9.95. The van der Waals surface area contributed by atoms with Crippen molar-refractivity contribution in [2.45, 2.75) is 37.8 Å². The smallest absolute Gasteiger partial charge is 0.351 e. The molecule has 2 aromatic heterocycles. The van der Waals surface area contributed by atoms with Crippen LogP contribution >= 0.6 is 8.25 Å². The van der Waals surface area contributed by atoms with Gasteiger partial charge in [0.1, 0.15) is 6.33 Å². The van der Waals surface area contributed by atoms with E-state index in [4.69, 9.17) is 14.8 Å². The molecule has 14 heteroatoms. The van der Waals surface area contributed by atoms with E-state index in [0.717, 1.165) is 0 Å². The van der Waals surface area contributed by atoms with Crippen molar-refractivity contribution in [3.8, 4) is 0 Å². The molecule has 1 aliphatic heterocycles. The van der Waals surface area contributed by atoms with Crippen molar-refractivity contribution in [1.82, 2.24) is 19.5 Å². The highest BCUT2D eigenvalue weighted by Crippen LogP contribution is 2.40. The Labute approximate surface area is 182 Å². The number of imidazole rings is 1. The molecule has 5 atom stereocenters. The zero-order valence-corrected chi connectivity index (χ0v) is 17.6. The van der Waals surface area contributed by atoms with Gasteiger partial charge in [-0.2, -0.15) is 0 Å². The molecule has 1 fully saturated rings. The highest BCUT2D eigenvalue weighted by Gasteiger charge is 2.50. The summed E-state index contributed by atoms with van der Waals surface area (Å²) in [5.74, 6) is -0.185. The maximum absolute atomic E-state index is 12.5. The molecule has 1 aromatic carbocycles. The lowest BCUT2D eigenvalue weighted by Gasteiger charge is -2.16. The molecule has 2 N–H and O–H groups in total. The van der Waals surface area contributed by atoms with Gasteiger partial charge in [-0.1, -0.05) is 30.2 Å². The Morgan fingerprint density at radius 1 is 1.38 bits per heavy atom. The number of aromatic nitrogens is 4. The molecule has 0 radical (unpaired) electrons. The number of anilines is 1. The number of amides is 1. The van der Waals surface area contributed by atoms with Gasteiger partial charge in [0.2, 0.25) is 0 Å². The van der Waals surface area contributed by atoms with E-state index >= 15 is 0 Å². The molecule has 1 saturated heterocycles. The summed E-state index contributed by atoms with van der Waals surface area (Å²) in [4.78, 5) is 37.3. The molecular formula is C18H18N8O5P+. The van der Waals surface area contributed by atoms with Gasteiger partial charge < -0.3 is 10.1 Å². The maximum atomic E-state index is 12.5. The molecule has 4 rings (SSSR count). The van der Waals surface area contributed by atoms with E-state index in [9.17, 15) is 14.3 Å². The molecule has 32 heavy (non-hydrogen) atoms. The van der Waals surface area contributed by atoms with Crippen LogP contribution in [0.25, 0.3) is 21.6 Å². The second-order valence-corrected chi connectivity index (χ2v) is 7.53. The SMILES string of the molecule is CC[C@H]1O[C@@H](n2cnc3c(NC(=O)c4ccccc4)ncnc32)[C@H](O[P+](=O)O)[C@@H]1N=[N+]=[N-]. The molecule has 1 aliphatic rings. The van der Waals surface area contributed by atoms with Crippen LogP contribution in [0, 0.1) is 0 Å². The molecule has 3 aromatic rings. The second-order valence-electron chi connectivity index (χ2n) is 6.84. The van der Waals surface area contributed by atoms with Gasteiger partial charge in [0, 0.05) is 15.0 Å². The predicted octanol–water partition coefficient (Wildman–Crippen LogP) is 3.10. The summed E-state index contributed by atoms with van der Waals surface area (Å²) >= 11 is 0. The fourth-order valence-corrected chi connectivity index (χ4v) is 4.03. The molecule has 1 unspecified atom stereocenters. The fourth-order valence-electron chi connectivity index (χ4n) is 3.60. The van der Waals surface area contributed by atoms with Crippen LogP contribution in [0.15, 0.2) is 48.1 Å². The van der Waals surface area contributed by atoms with Crippen LogP contribution in [-0.2, 0) is 13.8 Å². The van der Waals surface area contributed by atoms with Crippen molar-refractivity contribution in [1.29, 1.82) is 0 Å². The van der Waals surface area contributed by atoms with Crippen molar-refractivity contribution in [2.75, 3.05) is 5.32 Å². The second kappa shape index (κ2) is 9.35. The zero-order valence-electron chi connectivity index (χ0n) is 16.7. The number of azide groups is 1. The van der Waals surface area contributed by atoms with Crippen LogP contribution in [0.4, 0.5) is 5.82 Å². The summed E-state index contributed by atoms with van der Waals surface area (Å²) < 4.78 is 24.1. The topological polar surface area (TPSA) is 177 Å². The van der Waals surface area contributed by atoms with Gasteiger partial charge in [-0.15, -0.1) is 9.42 Å². The summed E-state index contributed by atoms with van der Waals surface area (Å²) in [5, 5.41) is 6.41. The molecule has 13 nitrogen and oxygen atoms in total. The lowest BCUT2D eigenvalue weighted by atomic mass is 10.1. The first-order valence-corrected chi connectivity index (χ1v) is 10.7.